The Bertz CT molecular complexity index is 1360. The van der Waals surface area contributed by atoms with Crippen molar-refractivity contribution in [1.29, 1.82) is 0 Å². The molecule has 30 heavy (non-hydrogen) atoms. The normalized spacial score (nSPS) is 12.9. The number of carbonyl (C=O) groups is 1. The van der Waals surface area contributed by atoms with Crippen molar-refractivity contribution < 1.29 is 4.79 Å². The molecule has 4 aromatic rings. The monoisotopic (exact) mass is 398 g/mol. The van der Waals surface area contributed by atoms with Gasteiger partial charge in [0.2, 0.25) is 0 Å². The van der Waals surface area contributed by atoms with Crippen LogP contribution in [0.5, 0.6) is 0 Å². The fourth-order valence-corrected chi connectivity index (χ4v) is 4.29. The van der Waals surface area contributed by atoms with Gasteiger partial charge in [0.15, 0.2) is 5.69 Å². The van der Waals surface area contributed by atoms with Crippen LogP contribution in [0.3, 0.4) is 0 Å². The van der Waals surface area contributed by atoms with Crippen LogP contribution in [0.15, 0.2) is 59.5 Å². The molecule has 1 N–H and O–H groups in total. The van der Waals surface area contributed by atoms with E-state index in [0.717, 1.165) is 47.2 Å². The Morgan fingerprint density at radius 2 is 1.87 bits per heavy atom. The van der Waals surface area contributed by atoms with Gasteiger partial charge in [-0.2, -0.15) is 5.10 Å². The number of rotatable bonds is 3. The number of aromatic nitrogens is 3. The van der Waals surface area contributed by atoms with Crippen molar-refractivity contribution in [3.63, 3.8) is 0 Å². The Labute approximate surface area is 173 Å². The zero-order valence-electron chi connectivity index (χ0n) is 17.0. The maximum Gasteiger partial charge on any atom is 0.276 e. The maximum atomic E-state index is 13.2. The SMILES string of the molecule is Cc1ccccc1-n1nc(C(=O)Nc2cccc3c(=O)n(C)ccc23)c2c1CCC2. The molecule has 0 atom stereocenters. The van der Waals surface area contributed by atoms with E-state index in [1.54, 1.807) is 25.4 Å². The van der Waals surface area contributed by atoms with E-state index >= 15 is 0 Å². The molecule has 0 saturated carbocycles. The summed E-state index contributed by atoms with van der Waals surface area (Å²) in [6, 6.07) is 15.3. The van der Waals surface area contributed by atoms with Crippen LogP contribution in [0, 0.1) is 6.92 Å². The molecule has 1 amide bonds. The van der Waals surface area contributed by atoms with Gasteiger partial charge < -0.3 is 9.88 Å². The molecule has 1 aliphatic rings. The molecule has 0 fully saturated rings. The van der Waals surface area contributed by atoms with Gasteiger partial charge in [-0.05, 0) is 56.0 Å². The lowest BCUT2D eigenvalue weighted by atomic mass is 10.1. The summed E-state index contributed by atoms with van der Waals surface area (Å²) in [7, 11) is 1.72. The molecule has 0 spiro atoms. The van der Waals surface area contributed by atoms with Gasteiger partial charge in [-0.25, -0.2) is 4.68 Å². The highest BCUT2D eigenvalue weighted by Crippen LogP contribution is 2.30. The Hall–Kier alpha value is -3.67. The average Bonchev–Trinajstić information content (AvgIpc) is 3.34. The lowest BCUT2D eigenvalue weighted by Crippen LogP contribution is -2.18. The minimum atomic E-state index is -0.242. The van der Waals surface area contributed by atoms with Crippen LogP contribution in [-0.4, -0.2) is 20.3 Å². The Kier molecular flexibility index (Phi) is 4.28. The van der Waals surface area contributed by atoms with Gasteiger partial charge in [-0.15, -0.1) is 0 Å². The first kappa shape index (κ1) is 18.4. The highest BCUT2D eigenvalue weighted by atomic mass is 16.2. The third kappa shape index (κ3) is 2.84. The number of hydrogen-bond acceptors (Lipinski definition) is 3. The van der Waals surface area contributed by atoms with Gasteiger partial charge in [-0.3, -0.25) is 9.59 Å². The van der Waals surface area contributed by atoms with E-state index in [-0.39, 0.29) is 11.5 Å². The summed E-state index contributed by atoms with van der Waals surface area (Å²) in [6.45, 7) is 2.05. The molecule has 5 rings (SSSR count). The van der Waals surface area contributed by atoms with Crippen molar-refractivity contribution in [3.8, 4) is 5.69 Å². The molecule has 0 aliphatic heterocycles. The molecule has 2 heterocycles. The molecule has 150 valence electrons. The second kappa shape index (κ2) is 6.99. The number of fused-ring (bicyclic) bond motifs is 2. The quantitative estimate of drug-likeness (QED) is 0.571. The topological polar surface area (TPSA) is 68.9 Å². The standard InChI is InChI=1S/C24H22N4O2/c1-15-7-3-4-11-20(15)28-21-12-6-9-18(21)22(26-28)23(29)25-19-10-5-8-17-16(19)13-14-27(2)24(17)30/h3-5,7-8,10-11,13-14H,6,9,12H2,1-2H3,(H,25,29). The molecule has 6 nitrogen and oxygen atoms in total. The lowest BCUT2D eigenvalue weighted by molar-refractivity contribution is 0.102. The van der Waals surface area contributed by atoms with Crippen molar-refractivity contribution in [2.45, 2.75) is 26.2 Å². The summed E-state index contributed by atoms with van der Waals surface area (Å²) in [4.78, 5) is 25.6. The number of hydrogen-bond donors (Lipinski definition) is 1. The van der Waals surface area contributed by atoms with Gasteiger partial charge in [0.05, 0.1) is 5.69 Å². The fourth-order valence-electron chi connectivity index (χ4n) is 4.29. The molecule has 1 aliphatic carbocycles. The highest BCUT2D eigenvalue weighted by Gasteiger charge is 2.27. The first-order chi connectivity index (χ1) is 14.5. The predicted octanol–water partition coefficient (Wildman–Crippen LogP) is 3.77. The van der Waals surface area contributed by atoms with Crippen molar-refractivity contribution in [3.05, 3.63) is 87.6 Å². The molecule has 0 unspecified atom stereocenters. The number of aryl methyl sites for hydroxylation is 2. The van der Waals surface area contributed by atoms with E-state index in [0.29, 0.717) is 16.8 Å². The lowest BCUT2D eigenvalue weighted by Gasteiger charge is -2.09. The van der Waals surface area contributed by atoms with Crippen LogP contribution in [0.4, 0.5) is 5.69 Å². The van der Waals surface area contributed by atoms with E-state index in [4.69, 9.17) is 5.10 Å². The largest absolute Gasteiger partial charge is 0.320 e. The van der Waals surface area contributed by atoms with E-state index in [1.165, 1.54) is 4.57 Å². The van der Waals surface area contributed by atoms with Crippen LogP contribution in [0.1, 0.15) is 33.7 Å². The van der Waals surface area contributed by atoms with Crippen molar-refractivity contribution >= 4 is 22.4 Å². The van der Waals surface area contributed by atoms with Gasteiger partial charge in [-0.1, -0.05) is 24.3 Å². The first-order valence-electron chi connectivity index (χ1n) is 10.1. The summed E-state index contributed by atoms with van der Waals surface area (Å²) in [5, 5.41) is 9.01. The highest BCUT2D eigenvalue weighted by molar-refractivity contribution is 6.09. The summed E-state index contributed by atoms with van der Waals surface area (Å²) in [5.41, 5.74) is 5.25. The number of anilines is 1. The third-order valence-corrected chi connectivity index (χ3v) is 5.86. The summed E-state index contributed by atoms with van der Waals surface area (Å²) in [5.74, 6) is -0.242. The van der Waals surface area contributed by atoms with Crippen LogP contribution >= 0.6 is 0 Å². The van der Waals surface area contributed by atoms with E-state index in [2.05, 4.69) is 18.3 Å². The number of benzene rings is 2. The molecule has 0 radical (unpaired) electrons. The van der Waals surface area contributed by atoms with Gasteiger partial charge >= 0.3 is 0 Å². The summed E-state index contributed by atoms with van der Waals surface area (Å²) in [6.07, 6.45) is 4.49. The predicted molar refractivity (Wildman–Crippen MR) is 117 cm³/mol. The minimum Gasteiger partial charge on any atom is -0.320 e. The number of pyridine rings is 1. The zero-order chi connectivity index (χ0) is 20.8. The van der Waals surface area contributed by atoms with Crippen LogP contribution < -0.4 is 10.9 Å². The second-order valence-corrected chi connectivity index (χ2v) is 7.78. The van der Waals surface area contributed by atoms with Crippen molar-refractivity contribution in [1.82, 2.24) is 14.3 Å². The molecule has 2 aromatic heterocycles. The molecular formula is C24H22N4O2. The summed E-state index contributed by atoms with van der Waals surface area (Å²) >= 11 is 0. The number of amides is 1. The van der Waals surface area contributed by atoms with Crippen LogP contribution in [0.2, 0.25) is 0 Å². The van der Waals surface area contributed by atoms with Crippen LogP contribution in [-0.2, 0) is 19.9 Å². The van der Waals surface area contributed by atoms with Gasteiger partial charge in [0.1, 0.15) is 0 Å². The first-order valence-corrected chi connectivity index (χ1v) is 10.1. The average molecular weight is 398 g/mol. The molecule has 0 bridgehead atoms. The van der Waals surface area contributed by atoms with Gasteiger partial charge in [0.25, 0.3) is 11.5 Å². The summed E-state index contributed by atoms with van der Waals surface area (Å²) < 4.78 is 3.45. The van der Waals surface area contributed by atoms with Crippen molar-refractivity contribution in [2.75, 3.05) is 5.32 Å². The maximum absolute atomic E-state index is 13.2. The zero-order valence-corrected chi connectivity index (χ0v) is 17.0. The van der Waals surface area contributed by atoms with Crippen LogP contribution in [0.25, 0.3) is 16.5 Å². The van der Waals surface area contributed by atoms with E-state index < -0.39 is 0 Å². The van der Waals surface area contributed by atoms with E-state index in [9.17, 15) is 9.59 Å². The van der Waals surface area contributed by atoms with Crippen molar-refractivity contribution in [2.24, 2.45) is 7.05 Å². The Balaban J connectivity index is 1.57. The third-order valence-electron chi connectivity index (χ3n) is 5.86. The Morgan fingerprint density at radius 3 is 2.70 bits per heavy atom. The molecule has 0 saturated heterocycles. The molecule has 6 heteroatoms. The minimum absolute atomic E-state index is 0.0895. The number of carbonyl (C=O) groups excluding carboxylic acids is 1. The number of para-hydroxylation sites is 1. The molecular weight excluding hydrogens is 376 g/mol. The smallest absolute Gasteiger partial charge is 0.276 e. The second-order valence-electron chi connectivity index (χ2n) is 7.78. The number of nitrogens with one attached hydrogen (secondary N) is 1. The fraction of sp³-hybridized carbons (Fsp3) is 0.208. The van der Waals surface area contributed by atoms with E-state index in [1.807, 2.05) is 35.0 Å². The number of nitrogens with zero attached hydrogens (tertiary/aromatic N) is 3. The molecule has 2 aromatic carbocycles. The van der Waals surface area contributed by atoms with Gasteiger partial charge in [0, 0.05) is 41.0 Å². The Morgan fingerprint density at radius 1 is 1.03 bits per heavy atom.